The van der Waals surface area contributed by atoms with Gasteiger partial charge in [-0.2, -0.15) is 23.8 Å². The van der Waals surface area contributed by atoms with Gasteiger partial charge in [0.25, 0.3) is 0 Å². The van der Waals surface area contributed by atoms with Crippen molar-refractivity contribution in [1.29, 1.82) is 0 Å². The van der Waals surface area contributed by atoms with Crippen molar-refractivity contribution in [2.45, 2.75) is 51.9 Å². The Kier molecular flexibility index (Phi) is 21.6. The van der Waals surface area contributed by atoms with Crippen LogP contribution in [0.25, 0.3) is 5.57 Å². The van der Waals surface area contributed by atoms with Gasteiger partial charge in [-0.3, -0.25) is 6.08 Å². The first-order valence-corrected chi connectivity index (χ1v) is 8.30. The number of rotatable bonds is 3. The first kappa shape index (κ1) is 33.7. The van der Waals surface area contributed by atoms with Crippen LogP contribution in [0.4, 0.5) is 0 Å². The van der Waals surface area contributed by atoms with Crippen LogP contribution in [0.5, 0.6) is 0 Å². The predicted molar refractivity (Wildman–Crippen MR) is 122 cm³/mol. The van der Waals surface area contributed by atoms with Gasteiger partial charge in [-0.15, -0.1) is 17.5 Å². The molecule has 1 heteroatoms. The van der Waals surface area contributed by atoms with E-state index in [0.29, 0.717) is 0 Å². The maximum Gasteiger partial charge on any atom is 0 e. The van der Waals surface area contributed by atoms with E-state index in [1.165, 1.54) is 49.7 Å². The number of allylic oxidation sites excluding steroid dienone is 2. The van der Waals surface area contributed by atoms with Crippen LogP contribution in [0.3, 0.4) is 0 Å². The van der Waals surface area contributed by atoms with E-state index in [0.717, 1.165) is 6.42 Å². The maximum atomic E-state index is 3.60. The first-order chi connectivity index (χ1) is 10.4. The summed E-state index contributed by atoms with van der Waals surface area (Å²) in [6.45, 7) is 2.27. The zero-order chi connectivity index (χ0) is 14.5. The van der Waals surface area contributed by atoms with Gasteiger partial charge in [0.15, 0.2) is 0 Å². The van der Waals surface area contributed by atoms with Crippen molar-refractivity contribution in [3.05, 3.63) is 108 Å². The summed E-state index contributed by atoms with van der Waals surface area (Å²) >= 11 is 0. The molecule has 2 aromatic rings. The second-order valence-electron chi connectivity index (χ2n) is 5.99. The van der Waals surface area contributed by atoms with Crippen molar-refractivity contribution in [1.82, 2.24) is 0 Å². The fourth-order valence-corrected chi connectivity index (χ4v) is 3.42. The summed E-state index contributed by atoms with van der Waals surface area (Å²) < 4.78 is 0. The summed E-state index contributed by atoms with van der Waals surface area (Å²) in [7, 11) is 0. The summed E-state index contributed by atoms with van der Waals surface area (Å²) in [5, 5.41) is 0. The Morgan fingerprint density at radius 1 is 0.926 bits per heavy atom. The van der Waals surface area contributed by atoms with Crippen LogP contribution in [-0.4, -0.2) is 0 Å². The Labute approximate surface area is 190 Å². The summed E-state index contributed by atoms with van der Waals surface area (Å²) in [6, 6.07) is 14.7. The smallest absolute Gasteiger partial charge is 0 e. The molecule has 0 unspecified atom stereocenters. The molecule has 4 rings (SSSR count). The van der Waals surface area contributed by atoms with E-state index in [-0.39, 0.29) is 63.0 Å². The van der Waals surface area contributed by atoms with Crippen LogP contribution in [0.15, 0.2) is 42.5 Å². The van der Waals surface area contributed by atoms with Crippen LogP contribution in [0.2, 0.25) is 0 Å². The topological polar surface area (TPSA) is 0 Å². The largest absolute Gasteiger partial charge is 0.358 e. The van der Waals surface area contributed by atoms with Crippen molar-refractivity contribution < 1.29 is 25.8 Å². The second-order valence-corrected chi connectivity index (χ2v) is 5.99. The summed E-state index contributed by atoms with van der Waals surface area (Å²) in [5.41, 5.74) is 7.93. The molecular weight excluding hydrogens is 491 g/mol. The molecule has 0 saturated heterocycles. The van der Waals surface area contributed by atoms with Crippen molar-refractivity contribution >= 4 is 5.57 Å². The normalized spacial score (nSPS) is 11.7. The molecule has 0 heterocycles. The Hall–Kier alpha value is -0.820. The van der Waals surface area contributed by atoms with Crippen molar-refractivity contribution in [2.75, 3.05) is 0 Å². The Morgan fingerprint density at radius 2 is 1.56 bits per heavy atom. The van der Waals surface area contributed by atoms with Gasteiger partial charge in [0.1, 0.15) is 0 Å². The molecular formula is C26H39Hf-7. The average Bonchev–Trinajstić information content (AvgIpc) is 3.24. The van der Waals surface area contributed by atoms with E-state index < -0.39 is 0 Å². The molecule has 2 aliphatic rings. The third-order valence-electron chi connectivity index (χ3n) is 4.50. The molecule has 0 spiro atoms. The quantitative estimate of drug-likeness (QED) is 0.281. The fourth-order valence-electron chi connectivity index (χ4n) is 3.42. The molecule has 0 saturated carbocycles. The summed E-state index contributed by atoms with van der Waals surface area (Å²) in [5.74, 6) is 0. The predicted octanol–water partition coefficient (Wildman–Crippen LogP) is 7.76. The minimum atomic E-state index is 0. The second kappa shape index (κ2) is 17.3. The number of aryl methyl sites for hydroxylation is 1. The molecule has 0 amide bonds. The van der Waals surface area contributed by atoms with Crippen molar-refractivity contribution in [3.8, 4) is 0 Å². The van der Waals surface area contributed by atoms with Gasteiger partial charge < -0.3 is 37.1 Å². The SMILES string of the molecule is CCCCC1=[C-]Cc2ccc3c(c21)CCC3.[CH3-].[CH3-].[CH3-].[CH3-].[CH3-].[Hf].c1cc[cH-]c1. The molecule has 2 aromatic carbocycles. The third kappa shape index (κ3) is 8.38. The van der Waals surface area contributed by atoms with Crippen LogP contribution in [0, 0.1) is 43.2 Å². The molecule has 0 N–H and O–H groups in total. The van der Waals surface area contributed by atoms with Gasteiger partial charge in [0.2, 0.25) is 0 Å². The van der Waals surface area contributed by atoms with Gasteiger partial charge in [0.05, 0.1) is 0 Å². The maximum absolute atomic E-state index is 3.60. The number of fused-ring (bicyclic) bond motifs is 3. The Morgan fingerprint density at radius 3 is 2.11 bits per heavy atom. The standard InChI is InChI=1S/C16H19.C5H5.5CH3.Hf/c1-2-3-5-13-10-11-14-9-8-12-6-4-7-15(12)16(13)14;1-2-4-5-3-1;;;;;;/h8-9H,2-7,11H2,1H3;1-5H;5*1H3;/q7*-1;. The molecule has 2 aliphatic carbocycles. The van der Waals surface area contributed by atoms with Gasteiger partial charge in [-0.05, 0) is 19.3 Å². The fraction of sp³-hybridized carbons (Fsp3) is 0.308. The number of hydrogen-bond acceptors (Lipinski definition) is 0. The van der Waals surface area contributed by atoms with Crippen molar-refractivity contribution in [2.24, 2.45) is 0 Å². The minimum absolute atomic E-state index is 0. The monoisotopic (exact) mass is 531 g/mol. The van der Waals surface area contributed by atoms with Crippen LogP contribution in [0.1, 0.15) is 54.9 Å². The third-order valence-corrected chi connectivity index (χ3v) is 4.50. The molecule has 0 bridgehead atoms. The molecule has 0 atom stereocenters. The van der Waals surface area contributed by atoms with Crippen LogP contribution >= 0.6 is 0 Å². The Bertz CT molecular complexity index is 588. The van der Waals surface area contributed by atoms with Gasteiger partial charge in [0, 0.05) is 25.8 Å². The van der Waals surface area contributed by atoms with E-state index >= 15 is 0 Å². The zero-order valence-electron chi connectivity index (χ0n) is 18.5. The molecule has 0 radical (unpaired) electrons. The molecule has 0 aliphatic heterocycles. The van der Waals surface area contributed by atoms with Crippen LogP contribution < -0.4 is 0 Å². The molecule has 0 nitrogen and oxygen atoms in total. The molecule has 0 aromatic heterocycles. The van der Waals surface area contributed by atoms with E-state index in [4.69, 9.17) is 0 Å². The number of benzene rings is 1. The van der Waals surface area contributed by atoms with Crippen molar-refractivity contribution in [3.63, 3.8) is 0 Å². The Balaban J connectivity index is -0.000000214. The van der Waals surface area contributed by atoms with E-state index in [9.17, 15) is 0 Å². The van der Waals surface area contributed by atoms with E-state index in [1.807, 2.05) is 30.3 Å². The van der Waals surface area contributed by atoms with E-state index in [2.05, 4.69) is 25.1 Å². The van der Waals surface area contributed by atoms with Gasteiger partial charge >= 0.3 is 0 Å². The average molecular weight is 530 g/mol. The minimum Gasteiger partial charge on any atom is -0.358 e. The first-order valence-electron chi connectivity index (χ1n) is 8.30. The molecule has 27 heavy (non-hydrogen) atoms. The van der Waals surface area contributed by atoms with Gasteiger partial charge in [-0.25, -0.2) is 17.7 Å². The molecule has 154 valence electrons. The summed E-state index contributed by atoms with van der Waals surface area (Å²) in [6.07, 6.45) is 12.4. The van der Waals surface area contributed by atoms with Gasteiger partial charge in [-0.1, -0.05) is 43.9 Å². The molecule has 0 fully saturated rings. The summed E-state index contributed by atoms with van der Waals surface area (Å²) in [4.78, 5) is 0. The number of hydrogen-bond donors (Lipinski definition) is 0. The zero-order valence-corrected chi connectivity index (χ0v) is 22.1. The van der Waals surface area contributed by atoms with E-state index in [1.54, 1.807) is 16.7 Å². The number of unbranched alkanes of at least 4 members (excludes halogenated alkanes) is 1. The van der Waals surface area contributed by atoms with Crippen LogP contribution in [-0.2, 0) is 45.1 Å².